The third kappa shape index (κ3) is 4.77. The lowest BCUT2D eigenvalue weighted by atomic mass is 9.92. The van der Waals surface area contributed by atoms with Gasteiger partial charge in [-0.1, -0.05) is 18.2 Å². The molecule has 1 heterocycles. The number of carbonyl (C=O) groups excluding carboxylic acids is 2. The van der Waals surface area contributed by atoms with Crippen molar-refractivity contribution in [3.8, 4) is 0 Å². The first-order chi connectivity index (χ1) is 11.5. The molecule has 0 aromatic heterocycles. The number of hydrogen-bond acceptors (Lipinski definition) is 3. The highest BCUT2D eigenvalue weighted by atomic mass is 19.1. The van der Waals surface area contributed by atoms with Crippen molar-refractivity contribution in [2.75, 3.05) is 26.8 Å². The molecule has 6 heteroatoms. The summed E-state index contributed by atoms with van der Waals surface area (Å²) in [5, 5.41) is 2.82. The molecular weight excluding hydrogens is 311 g/mol. The van der Waals surface area contributed by atoms with Crippen molar-refractivity contribution in [3.05, 3.63) is 35.6 Å². The zero-order chi connectivity index (χ0) is 17.5. The van der Waals surface area contributed by atoms with Gasteiger partial charge in [-0.15, -0.1) is 0 Å². The molecule has 5 nitrogen and oxygen atoms in total. The predicted octanol–water partition coefficient (Wildman–Crippen LogP) is 1.76. The number of ether oxygens (including phenoxy) is 1. The van der Waals surface area contributed by atoms with E-state index < -0.39 is 0 Å². The summed E-state index contributed by atoms with van der Waals surface area (Å²) in [5.74, 6) is -0.781. The number of nitrogens with one attached hydrogen (secondary N) is 1. The van der Waals surface area contributed by atoms with E-state index in [0.29, 0.717) is 25.3 Å². The van der Waals surface area contributed by atoms with E-state index >= 15 is 0 Å². The van der Waals surface area contributed by atoms with Crippen molar-refractivity contribution < 1.29 is 18.7 Å². The lowest BCUT2D eigenvalue weighted by Crippen LogP contribution is -2.50. The molecular formula is C18H25FN2O3. The van der Waals surface area contributed by atoms with Gasteiger partial charge in [0.1, 0.15) is 5.82 Å². The fourth-order valence-electron chi connectivity index (χ4n) is 3.00. The summed E-state index contributed by atoms with van der Waals surface area (Å²) in [6.45, 7) is 3.28. The van der Waals surface area contributed by atoms with E-state index in [-0.39, 0.29) is 36.0 Å². The van der Waals surface area contributed by atoms with Crippen molar-refractivity contribution in [1.29, 1.82) is 0 Å². The first-order valence-electron chi connectivity index (χ1n) is 8.32. The van der Waals surface area contributed by atoms with Gasteiger partial charge in [0.05, 0.1) is 18.9 Å². The Hall–Kier alpha value is -1.95. The van der Waals surface area contributed by atoms with Crippen LogP contribution in [0.4, 0.5) is 4.39 Å². The third-order valence-corrected chi connectivity index (χ3v) is 4.48. The molecule has 0 radical (unpaired) electrons. The quantitative estimate of drug-likeness (QED) is 0.806. The van der Waals surface area contributed by atoms with Crippen LogP contribution in [-0.4, -0.2) is 49.6 Å². The summed E-state index contributed by atoms with van der Waals surface area (Å²) in [6.07, 6.45) is 1.55. The molecule has 1 aromatic carbocycles. The predicted molar refractivity (Wildman–Crippen MR) is 88.9 cm³/mol. The van der Waals surface area contributed by atoms with Crippen molar-refractivity contribution >= 4 is 11.8 Å². The molecule has 2 unspecified atom stereocenters. The fraction of sp³-hybridized carbons (Fsp3) is 0.556. The number of halogens is 1. The molecule has 0 bridgehead atoms. The van der Waals surface area contributed by atoms with Crippen LogP contribution >= 0.6 is 0 Å². The van der Waals surface area contributed by atoms with Gasteiger partial charge >= 0.3 is 0 Å². The van der Waals surface area contributed by atoms with Crippen LogP contribution < -0.4 is 5.32 Å². The van der Waals surface area contributed by atoms with Crippen LogP contribution in [0.3, 0.4) is 0 Å². The maximum absolute atomic E-state index is 13.7. The Morgan fingerprint density at radius 3 is 2.79 bits per heavy atom. The minimum atomic E-state index is -0.371. The van der Waals surface area contributed by atoms with E-state index in [0.717, 1.165) is 12.8 Å². The zero-order valence-corrected chi connectivity index (χ0v) is 14.3. The Morgan fingerprint density at radius 1 is 1.33 bits per heavy atom. The summed E-state index contributed by atoms with van der Waals surface area (Å²) in [6, 6.07) is 6.36. The van der Waals surface area contributed by atoms with Gasteiger partial charge < -0.3 is 15.0 Å². The summed E-state index contributed by atoms with van der Waals surface area (Å²) in [4.78, 5) is 26.5. The van der Waals surface area contributed by atoms with Crippen LogP contribution in [-0.2, 0) is 20.7 Å². The maximum Gasteiger partial charge on any atom is 0.227 e. The molecule has 2 amide bonds. The molecule has 0 aliphatic carbocycles. The number of methoxy groups -OCH3 is 1. The van der Waals surface area contributed by atoms with Crippen LogP contribution in [0.25, 0.3) is 0 Å². The van der Waals surface area contributed by atoms with Crippen molar-refractivity contribution in [1.82, 2.24) is 10.2 Å². The smallest absolute Gasteiger partial charge is 0.227 e. The van der Waals surface area contributed by atoms with Gasteiger partial charge in [-0.05, 0) is 31.4 Å². The summed E-state index contributed by atoms with van der Waals surface area (Å²) < 4.78 is 18.7. The van der Waals surface area contributed by atoms with Crippen LogP contribution in [0.1, 0.15) is 25.3 Å². The summed E-state index contributed by atoms with van der Waals surface area (Å²) in [7, 11) is 1.58. The Bertz CT molecular complexity index is 579. The highest BCUT2D eigenvalue weighted by Crippen LogP contribution is 2.23. The molecule has 1 N–H and O–H groups in total. The standard InChI is InChI=1S/C18H25FN2O3/c1-13-7-8-15(18(23)20-9-10-24-2)12-21(13)17(22)11-14-5-3-4-6-16(14)19/h3-6,13,15H,7-12H2,1-2H3,(H,20,23). The molecule has 0 spiro atoms. The molecule has 1 aliphatic rings. The molecule has 1 aliphatic heterocycles. The third-order valence-electron chi connectivity index (χ3n) is 4.48. The number of likely N-dealkylation sites (tertiary alicyclic amines) is 1. The van der Waals surface area contributed by atoms with Crippen molar-refractivity contribution in [2.45, 2.75) is 32.2 Å². The Kier molecular flexibility index (Phi) is 6.73. The largest absolute Gasteiger partial charge is 0.383 e. The summed E-state index contributed by atoms with van der Waals surface area (Å²) in [5.41, 5.74) is 0.390. The topological polar surface area (TPSA) is 58.6 Å². The molecule has 1 saturated heterocycles. The summed E-state index contributed by atoms with van der Waals surface area (Å²) >= 11 is 0. The number of rotatable bonds is 6. The highest BCUT2D eigenvalue weighted by molar-refractivity contribution is 5.82. The molecule has 2 atom stereocenters. The SMILES string of the molecule is COCCNC(=O)C1CCC(C)N(C(=O)Cc2ccccc2F)C1. The zero-order valence-electron chi connectivity index (χ0n) is 14.3. The number of nitrogens with zero attached hydrogens (tertiary/aromatic N) is 1. The monoisotopic (exact) mass is 336 g/mol. The maximum atomic E-state index is 13.7. The first kappa shape index (κ1) is 18.4. The van der Waals surface area contributed by atoms with Crippen LogP contribution in [0, 0.1) is 11.7 Å². The molecule has 1 fully saturated rings. The van der Waals surface area contributed by atoms with Crippen molar-refractivity contribution in [3.63, 3.8) is 0 Å². The van der Waals surface area contributed by atoms with E-state index in [9.17, 15) is 14.0 Å². The lowest BCUT2D eigenvalue weighted by Gasteiger charge is -2.37. The number of carbonyl (C=O) groups is 2. The van der Waals surface area contributed by atoms with E-state index in [1.54, 1.807) is 30.2 Å². The van der Waals surface area contributed by atoms with E-state index in [4.69, 9.17) is 4.74 Å². The second-order valence-corrected chi connectivity index (χ2v) is 6.22. The van der Waals surface area contributed by atoms with Gasteiger partial charge in [0, 0.05) is 26.2 Å². The van der Waals surface area contributed by atoms with Gasteiger partial charge in [-0.25, -0.2) is 4.39 Å². The average molecular weight is 336 g/mol. The molecule has 1 aromatic rings. The van der Waals surface area contributed by atoms with E-state index in [2.05, 4.69) is 5.32 Å². The second-order valence-electron chi connectivity index (χ2n) is 6.22. The Morgan fingerprint density at radius 2 is 2.08 bits per heavy atom. The first-order valence-corrected chi connectivity index (χ1v) is 8.32. The number of benzene rings is 1. The Balaban J connectivity index is 1.96. The molecule has 0 saturated carbocycles. The number of amides is 2. The molecule has 132 valence electrons. The van der Waals surface area contributed by atoms with E-state index in [1.807, 2.05) is 6.92 Å². The van der Waals surface area contributed by atoms with Gasteiger partial charge in [-0.2, -0.15) is 0 Å². The van der Waals surface area contributed by atoms with Gasteiger partial charge in [0.15, 0.2) is 0 Å². The van der Waals surface area contributed by atoms with Gasteiger partial charge in [-0.3, -0.25) is 9.59 Å². The minimum Gasteiger partial charge on any atom is -0.383 e. The van der Waals surface area contributed by atoms with Gasteiger partial charge in [0.2, 0.25) is 11.8 Å². The lowest BCUT2D eigenvalue weighted by molar-refractivity contribution is -0.137. The normalized spacial score (nSPS) is 20.7. The fourth-order valence-corrected chi connectivity index (χ4v) is 3.00. The number of piperidine rings is 1. The van der Waals surface area contributed by atoms with Crippen LogP contribution in [0.2, 0.25) is 0 Å². The van der Waals surface area contributed by atoms with Crippen molar-refractivity contribution in [2.24, 2.45) is 5.92 Å². The minimum absolute atomic E-state index is 0.0228. The highest BCUT2D eigenvalue weighted by Gasteiger charge is 2.32. The van der Waals surface area contributed by atoms with Crippen LogP contribution in [0.15, 0.2) is 24.3 Å². The van der Waals surface area contributed by atoms with Gasteiger partial charge in [0.25, 0.3) is 0 Å². The Labute approximate surface area is 142 Å². The second kappa shape index (κ2) is 8.78. The van der Waals surface area contributed by atoms with Crippen LogP contribution in [0.5, 0.6) is 0 Å². The molecule has 24 heavy (non-hydrogen) atoms. The van der Waals surface area contributed by atoms with E-state index in [1.165, 1.54) is 6.07 Å². The average Bonchev–Trinajstić information content (AvgIpc) is 2.57. The number of hydrogen-bond donors (Lipinski definition) is 1. The molecule has 2 rings (SSSR count).